The van der Waals surface area contributed by atoms with Crippen LogP contribution in [-0.4, -0.2) is 26.2 Å². The molecular formula is C12H14O5. The van der Waals surface area contributed by atoms with E-state index in [-0.39, 0.29) is 5.75 Å². The second-order valence-corrected chi connectivity index (χ2v) is 3.32. The van der Waals surface area contributed by atoms with E-state index in [4.69, 9.17) is 9.47 Å². The summed E-state index contributed by atoms with van der Waals surface area (Å²) >= 11 is 0. The highest BCUT2D eigenvalue weighted by Gasteiger charge is 2.25. The highest BCUT2D eigenvalue weighted by molar-refractivity contribution is 5.95. The largest absolute Gasteiger partial charge is 0.493 e. The first-order valence-electron chi connectivity index (χ1n) is 5.02. The van der Waals surface area contributed by atoms with E-state index in [1.807, 2.05) is 0 Å². The van der Waals surface area contributed by atoms with Crippen molar-refractivity contribution in [1.82, 2.24) is 0 Å². The lowest BCUT2D eigenvalue weighted by Gasteiger charge is -2.11. The summed E-state index contributed by atoms with van der Waals surface area (Å²) in [5.41, 5.74) is 0. The van der Waals surface area contributed by atoms with Crippen LogP contribution in [0.4, 0.5) is 0 Å². The zero-order valence-electron chi connectivity index (χ0n) is 9.93. The summed E-state index contributed by atoms with van der Waals surface area (Å²) in [4.78, 5) is 22.7. The molecular weight excluding hydrogens is 224 g/mol. The van der Waals surface area contributed by atoms with Crippen molar-refractivity contribution in [2.24, 2.45) is 5.92 Å². The van der Waals surface area contributed by atoms with E-state index in [1.54, 1.807) is 24.3 Å². The Balaban J connectivity index is 2.77. The summed E-state index contributed by atoms with van der Waals surface area (Å²) in [7, 11) is 2.69. The molecule has 5 nitrogen and oxygen atoms in total. The quantitative estimate of drug-likeness (QED) is 0.451. The summed E-state index contributed by atoms with van der Waals surface area (Å²) in [5, 5.41) is 0. The van der Waals surface area contributed by atoms with Gasteiger partial charge >= 0.3 is 11.9 Å². The van der Waals surface area contributed by atoms with E-state index in [0.717, 1.165) is 0 Å². The van der Waals surface area contributed by atoms with Gasteiger partial charge in [-0.25, -0.2) is 0 Å². The maximum absolute atomic E-state index is 11.6. The molecule has 1 unspecified atom stereocenters. The summed E-state index contributed by atoms with van der Waals surface area (Å²) in [6.45, 7) is 1.42. The number of methoxy groups -OCH3 is 2. The van der Waals surface area contributed by atoms with E-state index in [2.05, 4.69) is 4.74 Å². The zero-order valence-corrected chi connectivity index (χ0v) is 9.93. The van der Waals surface area contributed by atoms with Crippen LogP contribution in [0.1, 0.15) is 6.92 Å². The minimum absolute atomic E-state index is 0.274. The summed E-state index contributed by atoms with van der Waals surface area (Å²) in [6.07, 6.45) is 0. The van der Waals surface area contributed by atoms with Gasteiger partial charge in [-0.1, -0.05) is 12.1 Å². The van der Waals surface area contributed by atoms with Gasteiger partial charge in [0, 0.05) is 0 Å². The molecule has 0 aromatic heterocycles. The topological polar surface area (TPSA) is 61.8 Å². The van der Waals surface area contributed by atoms with Crippen LogP contribution in [0.25, 0.3) is 0 Å². The molecule has 0 amide bonds. The first kappa shape index (κ1) is 13.0. The van der Waals surface area contributed by atoms with E-state index in [0.29, 0.717) is 5.75 Å². The van der Waals surface area contributed by atoms with Gasteiger partial charge in [0.15, 0.2) is 17.4 Å². The van der Waals surface area contributed by atoms with Crippen LogP contribution >= 0.6 is 0 Å². The summed E-state index contributed by atoms with van der Waals surface area (Å²) in [6, 6.07) is 6.69. The third kappa shape index (κ3) is 3.21. The molecule has 1 atom stereocenters. The third-order valence-electron chi connectivity index (χ3n) is 2.19. The molecule has 0 heterocycles. The van der Waals surface area contributed by atoms with Crippen molar-refractivity contribution >= 4 is 11.9 Å². The van der Waals surface area contributed by atoms with Crippen molar-refractivity contribution in [3.63, 3.8) is 0 Å². The summed E-state index contributed by atoms with van der Waals surface area (Å²) < 4.78 is 14.5. The van der Waals surface area contributed by atoms with Crippen molar-refractivity contribution in [3.05, 3.63) is 24.3 Å². The normalized spacial score (nSPS) is 11.5. The number of hydrogen-bond acceptors (Lipinski definition) is 5. The Labute approximate surface area is 99.3 Å². The van der Waals surface area contributed by atoms with E-state index in [1.165, 1.54) is 21.1 Å². The molecule has 17 heavy (non-hydrogen) atoms. The highest BCUT2D eigenvalue weighted by Crippen LogP contribution is 2.26. The van der Waals surface area contributed by atoms with Crippen LogP contribution < -0.4 is 9.47 Å². The molecule has 0 aliphatic heterocycles. The first-order chi connectivity index (χ1) is 8.10. The molecule has 0 aliphatic carbocycles. The van der Waals surface area contributed by atoms with Crippen LogP contribution in [0.2, 0.25) is 0 Å². The maximum atomic E-state index is 11.6. The van der Waals surface area contributed by atoms with Gasteiger partial charge in [0.2, 0.25) is 0 Å². The van der Waals surface area contributed by atoms with Crippen molar-refractivity contribution in [1.29, 1.82) is 0 Å². The maximum Gasteiger partial charge on any atom is 0.325 e. The van der Waals surface area contributed by atoms with Gasteiger partial charge in [-0.2, -0.15) is 0 Å². The Bertz CT molecular complexity index is 413. The Morgan fingerprint density at radius 2 is 1.65 bits per heavy atom. The van der Waals surface area contributed by atoms with Crippen LogP contribution in [0, 0.1) is 5.92 Å². The van der Waals surface area contributed by atoms with Gasteiger partial charge in [-0.3, -0.25) is 9.59 Å². The van der Waals surface area contributed by atoms with Crippen LogP contribution in [0.3, 0.4) is 0 Å². The third-order valence-corrected chi connectivity index (χ3v) is 2.19. The average molecular weight is 238 g/mol. The lowest BCUT2D eigenvalue weighted by Crippen LogP contribution is -2.26. The minimum Gasteiger partial charge on any atom is -0.493 e. The monoisotopic (exact) mass is 238 g/mol. The van der Waals surface area contributed by atoms with Gasteiger partial charge < -0.3 is 14.2 Å². The molecule has 0 fully saturated rings. The number of carbonyl (C=O) groups is 2. The second-order valence-electron chi connectivity index (χ2n) is 3.32. The lowest BCUT2D eigenvalue weighted by molar-refractivity contribution is -0.154. The summed E-state index contributed by atoms with van der Waals surface area (Å²) in [5.74, 6) is -1.58. The van der Waals surface area contributed by atoms with Crippen molar-refractivity contribution in [2.75, 3.05) is 14.2 Å². The fourth-order valence-electron chi connectivity index (χ4n) is 1.17. The Morgan fingerprint density at radius 1 is 1.06 bits per heavy atom. The number of benzene rings is 1. The molecule has 0 saturated carbocycles. The molecule has 0 saturated heterocycles. The van der Waals surface area contributed by atoms with Crippen LogP contribution in [0.15, 0.2) is 24.3 Å². The fourth-order valence-corrected chi connectivity index (χ4v) is 1.17. The Kier molecular flexibility index (Phi) is 4.51. The zero-order chi connectivity index (χ0) is 12.8. The standard InChI is InChI=1S/C12H14O5/c1-8(11(13)16-3)12(14)17-10-7-5-4-6-9(10)15-2/h4-8H,1-3H3. The molecule has 0 N–H and O–H groups in total. The van der Waals surface area contributed by atoms with Gasteiger partial charge in [-0.15, -0.1) is 0 Å². The highest BCUT2D eigenvalue weighted by atomic mass is 16.6. The molecule has 1 aromatic carbocycles. The predicted molar refractivity (Wildman–Crippen MR) is 59.8 cm³/mol. The SMILES string of the molecule is COC(=O)C(C)C(=O)Oc1ccccc1OC. The second kappa shape index (κ2) is 5.89. The van der Waals surface area contributed by atoms with E-state index < -0.39 is 17.9 Å². The number of para-hydroxylation sites is 2. The Morgan fingerprint density at radius 3 is 2.18 bits per heavy atom. The number of hydrogen-bond donors (Lipinski definition) is 0. The molecule has 0 bridgehead atoms. The molecule has 0 radical (unpaired) electrons. The number of ether oxygens (including phenoxy) is 3. The molecule has 1 aromatic rings. The molecule has 1 rings (SSSR count). The number of carbonyl (C=O) groups excluding carboxylic acids is 2. The van der Waals surface area contributed by atoms with Crippen molar-refractivity contribution in [2.45, 2.75) is 6.92 Å². The van der Waals surface area contributed by atoms with Crippen LogP contribution in [-0.2, 0) is 14.3 Å². The number of rotatable bonds is 4. The predicted octanol–water partition coefficient (Wildman–Crippen LogP) is 1.41. The van der Waals surface area contributed by atoms with Crippen molar-refractivity contribution < 1.29 is 23.8 Å². The van der Waals surface area contributed by atoms with Gasteiger partial charge in [-0.05, 0) is 19.1 Å². The van der Waals surface area contributed by atoms with E-state index in [9.17, 15) is 9.59 Å². The van der Waals surface area contributed by atoms with Gasteiger partial charge in [0.05, 0.1) is 14.2 Å². The fraction of sp³-hybridized carbons (Fsp3) is 0.333. The Hall–Kier alpha value is -2.04. The molecule has 0 aliphatic rings. The average Bonchev–Trinajstić information content (AvgIpc) is 2.37. The molecule has 92 valence electrons. The first-order valence-corrected chi connectivity index (χ1v) is 5.02. The minimum atomic E-state index is -0.968. The number of esters is 2. The lowest BCUT2D eigenvalue weighted by atomic mass is 10.2. The van der Waals surface area contributed by atoms with Gasteiger partial charge in [0.25, 0.3) is 0 Å². The molecule has 5 heteroatoms. The van der Waals surface area contributed by atoms with Crippen LogP contribution in [0.5, 0.6) is 11.5 Å². The smallest absolute Gasteiger partial charge is 0.325 e. The molecule has 0 spiro atoms. The van der Waals surface area contributed by atoms with Crippen molar-refractivity contribution in [3.8, 4) is 11.5 Å². The van der Waals surface area contributed by atoms with Gasteiger partial charge in [0.1, 0.15) is 0 Å². The van der Waals surface area contributed by atoms with E-state index >= 15 is 0 Å².